The average molecular weight is 416 g/mol. The van der Waals surface area contributed by atoms with Crippen molar-refractivity contribution >= 4 is 23.4 Å². The van der Waals surface area contributed by atoms with Gasteiger partial charge in [0, 0.05) is 20.2 Å². The first-order valence-corrected chi connectivity index (χ1v) is 9.08. The van der Waals surface area contributed by atoms with E-state index in [1.165, 1.54) is 25.3 Å². The fourth-order valence-electron chi connectivity index (χ4n) is 2.58. The number of esters is 1. The molecule has 0 aliphatic carbocycles. The lowest BCUT2D eigenvalue weighted by Crippen LogP contribution is -2.15. The summed E-state index contributed by atoms with van der Waals surface area (Å²) >= 11 is 5.96. The van der Waals surface area contributed by atoms with Crippen LogP contribution in [-0.4, -0.2) is 37.1 Å². The first-order chi connectivity index (χ1) is 13.9. The van der Waals surface area contributed by atoms with Gasteiger partial charge in [-0.2, -0.15) is 0 Å². The highest BCUT2D eigenvalue weighted by molar-refractivity contribution is 6.32. The summed E-state index contributed by atoms with van der Waals surface area (Å²) in [4.78, 5) is 22.8. The van der Waals surface area contributed by atoms with Gasteiger partial charge in [-0.15, -0.1) is 0 Å². The molecule has 1 heterocycles. The summed E-state index contributed by atoms with van der Waals surface area (Å²) in [5.41, 5.74) is 0.923. The van der Waals surface area contributed by atoms with Crippen molar-refractivity contribution in [1.82, 2.24) is 9.97 Å². The Morgan fingerprint density at radius 1 is 1.14 bits per heavy atom. The van der Waals surface area contributed by atoms with Crippen LogP contribution in [-0.2, 0) is 11.3 Å². The molecule has 0 atom stereocenters. The maximum Gasteiger partial charge on any atom is 0.357 e. The molecular weight excluding hydrogens is 397 g/mol. The Bertz CT molecular complexity index is 1030. The van der Waals surface area contributed by atoms with E-state index < -0.39 is 11.8 Å². The van der Waals surface area contributed by atoms with Crippen LogP contribution >= 0.6 is 11.6 Å². The minimum Gasteiger partial charge on any atom is -0.492 e. The van der Waals surface area contributed by atoms with Gasteiger partial charge < -0.3 is 14.4 Å². The lowest BCUT2D eigenvalue weighted by molar-refractivity contribution is 0.0465. The van der Waals surface area contributed by atoms with E-state index in [1.807, 2.05) is 30.3 Å². The van der Waals surface area contributed by atoms with Crippen LogP contribution in [0.5, 0.6) is 5.75 Å². The summed E-state index contributed by atoms with van der Waals surface area (Å²) in [7, 11) is 4.82. The zero-order chi connectivity index (χ0) is 21.0. The smallest absolute Gasteiger partial charge is 0.357 e. The quantitative estimate of drug-likeness (QED) is 0.557. The highest BCUT2D eigenvalue weighted by atomic mass is 35.5. The molecule has 3 aromatic rings. The van der Waals surface area contributed by atoms with Gasteiger partial charge in [-0.25, -0.2) is 19.2 Å². The molecule has 0 bridgehead atoms. The maximum absolute atomic E-state index is 14.8. The third-order valence-electron chi connectivity index (χ3n) is 4.09. The summed E-state index contributed by atoms with van der Waals surface area (Å²) in [6, 6.07) is 13.7. The molecule has 0 N–H and O–H groups in total. The number of carbonyl (C=O) groups excluding carboxylic acids is 1. The minimum absolute atomic E-state index is 0.0166. The van der Waals surface area contributed by atoms with Gasteiger partial charge in [-0.1, -0.05) is 41.9 Å². The number of nitrogens with zero attached hydrogens (tertiary/aromatic N) is 3. The van der Waals surface area contributed by atoms with E-state index in [2.05, 4.69) is 9.97 Å². The fourth-order valence-corrected chi connectivity index (χ4v) is 2.80. The van der Waals surface area contributed by atoms with Crippen molar-refractivity contribution < 1.29 is 18.7 Å². The van der Waals surface area contributed by atoms with E-state index in [0.29, 0.717) is 5.82 Å². The van der Waals surface area contributed by atoms with Crippen LogP contribution in [0.4, 0.5) is 10.2 Å². The summed E-state index contributed by atoms with van der Waals surface area (Å²) in [6.45, 7) is 0.0967. The van der Waals surface area contributed by atoms with Crippen LogP contribution in [0.1, 0.15) is 16.1 Å². The molecule has 1 aromatic heterocycles. The molecule has 8 heteroatoms. The molecule has 0 aliphatic heterocycles. The van der Waals surface area contributed by atoms with Gasteiger partial charge in [0.25, 0.3) is 0 Å². The van der Waals surface area contributed by atoms with E-state index >= 15 is 0 Å². The van der Waals surface area contributed by atoms with Crippen molar-refractivity contribution in [2.45, 2.75) is 6.61 Å². The molecule has 3 rings (SSSR count). The number of aromatic nitrogens is 2. The summed E-state index contributed by atoms with van der Waals surface area (Å²) in [5, 5.41) is 0.125. The van der Waals surface area contributed by atoms with Crippen LogP contribution in [0.25, 0.3) is 11.4 Å². The van der Waals surface area contributed by atoms with E-state index in [9.17, 15) is 9.18 Å². The molecule has 150 valence electrons. The Morgan fingerprint density at radius 3 is 2.52 bits per heavy atom. The van der Waals surface area contributed by atoms with Crippen molar-refractivity contribution in [3.05, 3.63) is 70.6 Å². The number of hydrogen-bond donors (Lipinski definition) is 0. The zero-order valence-corrected chi connectivity index (χ0v) is 16.9. The van der Waals surface area contributed by atoms with Gasteiger partial charge in [-0.05, 0) is 17.7 Å². The largest absolute Gasteiger partial charge is 0.492 e. The number of rotatable bonds is 6. The van der Waals surface area contributed by atoms with E-state index in [4.69, 9.17) is 21.1 Å². The van der Waals surface area contributed by atoms with Crippen molar-refractivity contribution in [2.75, 3.05) is 26.1 Å². The lowest BCUT2D eigenvalue weighted by Gasteiger charge is -2.15. The number of anilines is 1. The molecule has 0 fully saturated rings. The van der Waals surface area contributed by atoms with Crippen molar-refractivity contribution in [3.8, 4) is 17.1 Å². The monoisotopic (exact) mass is 415 g/mol. The second-order valence-electron chi connectivity index (χ2n) is 6.33. The zero-order valence-electron chi connectivity index (χ0n) is 16.1. The molecular formula is C21H19ClFN3O3. The Morgan fingerprint density at radius 2 is 1.86 bits per heavy atom. The van der Waals surface area contributed by atoms with Crippen LogP contribution in [0, 0.1) is 5.82 Å². The fraction of sp³-hybridized carbons (Fsp3) is 0.190. The summed E-state index contributed by atoms with van der Waals surface area (Å²) < 4.78 is 25.2. The molecule has 6 nitrogen and oxygen atoms in total. The normalized spacial score (nSPS) is 10.5. The lowest BCUT2D eigenvalue weighted by atomic mass is 10.1. The Hall–Kier alpha value is -3.19. The van der Waals surface area contributed by atoms with Gasteiger partial charge in [0.2, 0.25) is 0 Å². The highest BCUT2D eigenvalue weighted by Gasteiger charge is 2.20. The van der Waals surface area contributed by atoms with Crippen LogP contribution < -0.4 is 9.64 Å². The molecule has 0 radical (unpaired) electrons. The van der Waals surface area contributed by atoms with E-state index in [1.54, 1.807) is 19.0 Å². The van der Waals surface area contributed by atoms with Gasteiger partial charge >= 0.3 is 5.97 Å². The number of ether oxygens (including phenoxy) is 2. The molecule has 0 unspecified atom stereocenters. The van der Waals surface area contributed by atoms with Gasteiger partial charge in [-0.3, -0.25) is 0 Å². The van der Waals surface area contributed by atoms with Gasteiger partial charge in [0.1, 0.15) is 12.4 Å². The number of hydrogen-bond acceptors (Lipinski definition) is 6. The Labute approximate surface area is 172 Å². The Kier molecular flexibility index (Phi) is 6.29. The van der Waals surface area contributed by atoms with Gasteiger partial charge in [0.15, 0.2) is 23.1 Å². The number of methoxy groups -OCH3 is 1. The van der Waals surface area contributed by atoms with Crippen LogP contribution in [0.3, 0.4) is 0 Å². The number of carbonyl (C=O) groups is 1. The molecule has 0 saturated heterocycles. The molecule has 29 heavy (non-hydrogen) atoms. The predicted molar refractivity (Wildman–Crippen MR) is 109 cm³/mol. The van der Waals surface area contributed by atoms with Crippen LogP contribution in [0.15, 0.2) is 48.5 Å². The predicted octanol–water partition coefficient (Wildman–Crippen LogP) is 4.37. The number of benzene rings is 2. The topological polar surface area (TPSA) is 64.6 Å². The van der Waals surface area contributed by atoms with Crippen molar-refractivity contribution in [2.24, 2.45) is 0 Å². The molecule has 2 aromatic carbocycles. The third-order valence-corrected chi connectivity index (χ3v) is 4.38. The molecule has 0 saturated carbocycles. The summed E-state index contributed by atoms with van der Waals surface area (Å²) in [6.07, 6.45) is 0. The third kappa shape index (κ3) is 4.63. The summed E-state index contributed by atoms with van der Waals surface area (Å²) in [5.74, 6) is -1.01. The van der Waals surface area contributed by atoms with Gasteiger partial charge in [0.05, 0.1) is 17.7 Å². The van der Waals surface area contributed by atoms with E-state index in [0.717, 1.165) is 5.56 Å². The highest BCUT2D eigenvalue weighted by Crippen LogP contribution is 2.34. The Balaban J connectivity index is 1.97. The molecule has 0 spiro atoms. The standard InChI is InChI=1S/C21H19ClFN3O3/c1-26(2)17-11-16(21(27)29-12-13-7-5-4-6-8-13)24-20(25-17)14-9-10-15(22)19(28-3)18(14)23/h4-11H,12H2,1-3H3. The first kappa shape index (κ1) is 20.5. The average Bonchev–Trinajstić information content (AvgIpc) is 2.72. The van der Waals surface area contributed by atoms with E-state index in [-0.39, 0.29) is 34.5 Å². The maximum atomic E-state index is 14.8. The molecule has 0 aliphatic rings. The second-order valence-corrected chi connectivity index (χ2v) is 6.74. The van der Waals surface area contributed by atoms with Crippen molar-refractivity contribution in [3.63, 3.8) is 0 Å². The number of halogens is 2. The van der Waals surface area contributed by atoms with Crippen LogP contribution in [0.2, 0.25) is 5.02 Å². The molecule has 0 amide bonds. The minimum atomic E-state index is -0.709. The second kappa shape index (κ2) is 8.87. The SMILES string of the molecule is COc1c(Cl)ccc(-c2nc(C(=O)OCc3ccccc3)cc(N(C)C)n2)c1F. The first-order valence-electron chi connectivity index (χ1n) is 8.70. The van der Waals surface area contributed by atoms with Crippen molar-refractivity contribution in [1.29, 1.82) is 0 Å².